The van der Waals surface area contributed by atoms with E-state index in [-0.39, 0.29) is 23.5 Å². The van der Waals surface area contributed by atoms with Crippen molar-refractivity contribution in [3.05, 3.63) is 11.8 Å². The Bertz CT molecular complexity index is 817. The van der Waals surface area contributed by atoms with E-state index in [0.717, 1.165) is 69.0 Å². The van der Waals surface area contributed by atoms with Crippen LogP contribution < -0.4 is 0 Å². The van der Waals surface area contributed by atoms with Crippen molar-refractivity contribution in [3.63, 3.8) is 0 Å². The van der Waals surface area contributed by atoms with E-state index in [1.54, 1.807) is 0 Å². The summed E-state index contributed by atoms with van der Waals surface area (Å²) in [7, 11) is 0. The van der Waals surface area contributed by atoms with Crippen molar-refractivity contribution in [1.82, 2.24) is 0 Å². The number of rotatable bonds is 12. The molecule has 4 rings (SSSR count). The molecule has 0 aromatic heterocycles. The summed E-state index contributed by atoms with van der Waals surface area (Å²) in [5, 5.41) is 0. The van der Waals surface area contributed by atoms with Gasteiger partial charge in [0.1, 0.15) is 11.9 Å². The van der Waals surface area contributed by atoms with Crippen LogP contribution in [-0.4, -0.2) is 18.0 Å². The van der Waals surface area contributed by atoms with Gasteiger partial charge in [-0.05, 0) is 99.4 Å². The molecule has 37 heavy (non-hydrogen) atoms. The maximum Gasteiger partial charge on any atom is 0.310 e. The highest BCUT2D eigenvalue weighted by molar-refractivity contribution is 5.71. The Morgan fingerprint density at radius 3 is 2.24 bits per heavy atom. The van der Waals surface area contributed by atoms with E-state index >= 15 is 0 Å². The molecule has 3 saturated carbocycles. The minimum atomic E-state index is -0.0275. The number of carbonyl (C=O) groups excluding carboxylic acids is 2. The van der Waals surface area contributed by atoms with Gasteiger partial charge in [0.15, 0.2) is 0 Å². The van der Waals surface area contributed by atoms with E-state index < -0.39 is 0 Å². The number of carbonyl (C=O) groups is 2. The van der Waals surface area contributed by atoms with Crippen molar-refractivity contribution in [2.45, 2.75) is 149 Å². The molecule has 2 unspecified atom stereocenters. The van der Waals surface area contributed by atoms with Crippen LogP contribution in [0.15, 0.2) is 11.8 Å². The molecule has 0 spiro atoms. The van der Waals surface area contributed by atoms with Gasteiger partial charge in [-0.3, -0.25) is 9.59 Å². The van der Waals surface area contributed by atoms with Crippen molar-refractivity contribution in [3.8, 4) is 0 Å². The largest absolute Gasteiger partial charge is 0.462 e. The van der Waals surface area contributed by atoms with Gasteiger partial charge in [0, 0.05) is 18.3 Å². The minimum Gasteiger partial charge on any atom is -0.462 e. The van der Waals surface area contributed by atoms with E-state index in [1.807, 2.05) is 0 Å². The van der Waals surface area contributed by atoms with Gasteiger partial charge in [-0.25, -0.2) is 0 Å². The van der Waals surface area contributed by atoms with E-state index in [4.69, 9.17) is 9.47 Å². The highest BCUT2D eigenvalue weighted by atomic mass is 16.5. The number of esters is 2. The van der Waals surface area contributed by atoms with Crippen molar-refractivity contribution in [2.75, 3.05) is 0 Å². The smallest absolute Gasteiger partial charge is 0.310 e. The maximum absolute atomic E-state index is 12.6. The lowest BCUT2D eigenvalue weighted by Crippen LogP contribution is -2.54. The molecule has 0 aromatic carbocycles. The van der Waals surface area contributed by atoms with Crippen molar-refractivity contribution in [2.24, 2.45) is 34.5 Å². The predicted molar refractivity (Wildman–Crippen MR) is 149 cm³/mol. The molecule has 3 fully saturated rings. The third kappa shape index (κ3) is 6.30. The highest BCUT2D eigenvalue weighted by Gasteiger charge is 2.59. The SMILES string of the molecule is CCCCCCC(=O)OC1=CC[C@H]2[C@@H]3CCC4CC(OC(=O)CCCCCC)CC[C@]4(C)[C@H]3CC[C@]12C. The molecule has 4 heteroatoms. The fraction of sp³-hybridized carbons (Fsp3) is 0.879. The van der Waals surface area contributed by atoms with Gasteiger partial charge in [-0.1, -0.05) is 66.2 Å². The fourth-order valence-corrected chi connectivity index (χ4v) is 8.82. The van der Waals surface area contributed by atoms with Crippen molar-refractivity contribution in [1.29, 1.82) is 0 Å². The number of hydrogen-bond donors (Lipinski definition) is 0. The van der Waals surface area contributed by atoms with Crippen molar-refractivity contribution < 1.29 is 19.1 Å². The fourth-order valence-electron chi connectivity index (χ4n) is 8.82. The first-order valence-electron chi connectivity index (χ1n) is 15.9. The van der Waals surface area contributed by atoms with Gasteiger partial charge in [-0.15, -0.1) is 0 Å². The second kappa shape index (κ2) is 12.7. The second-order valence-electron chi connectivity index (χ2n) is 13.4. The van der Waals surface area contributed by atoms with Crippen LogP contribution in [0.1, 0.15) is 143 Å². The average Bonchev–Trinajstić information content (AvgIpc) is 3.20. The molecule has 0 aromatic rings. The van der Waals surface area contributed by atoms with Gasteiger partial charge >= 0.3 is 11.9 Å². The van der Waals surface area contributed by atoms with Gasteiger partial charge in [0.2, 0.25) is 0 Å². The monoisotopic (exact) mass is 514 g/mol. The van der Waals surface area contributed by atoms with Gasteiger partial charge in [0.05, 0.1) is 0 Å². The first-order valence-corrected chi connectivity index (χ1v) is 15.9. The molecule has 0 heterocycles. The maximum atomic E-state index is 12.6. The minimum absolute atomic E-state index is 0.0218. The predicted octanol–water partition coefficient (Wildman–Crippen LogP) is 8.92. The molecule has 0 aliphatic heterocycles. The lowest BCUT2D eigenvalue weighted by Gasteiger charge is -2.60. The zero-order valence-electron chi connectivity index (χ0n) is 24.3. The molecule has 210 valence electrons. The third-order valence-corrected chi connectivity index (χ3v) is 11.1. The topological polar surface area (TPSA) is 52.6 Å². The Morgan fingerprint density at radius 2 is 1.54 bits per heavy atom. The van der Waals surface area contributed by atoms with E-state index in [2.05, 4.69) is 33.8 Å². The quantitative estimate of drug-likeness (QED) is 0.193. The summed E-state index contributed by atoms with van der Waals surface area (Å²) in [6.45, 7) is 9.33. The lowest BCUT2D eigenvalue weighted by atomic mass is 9.45. The molecule has 4 aliphatic carbocycles. The summed E-state index contributed by atoms with van der Waals surface area (Å²) in [5.74, 6) is 3.71. The normalized spacial score (nSPS) is 36.6. The standard InChI is InChI=1S/C33H54O4/c1-5-7-9-11-13-30(34)36-25-19-21-32(3)24(23-25)15-16-26-27-17-18-29(33(27,4)22-20-28(26)32)37-31(35)14-12-10-8-6-2/h18,24-28H,5-17,19-23H2,1-4H3/t24?,25?,26-,27-,28-,32-,33-/m0/s1. The Hall–Kier alpha value is -1.32. The van der Waals surface area contributed by atoms with Gasteiger partial charge in [0.25, 0.3) is 0 Å². The number of allylic oxidation sites excluding steroid dienone is 2. The Labute approximate surface area is 226 Å². The Kier molecular flexibility index (Phi) is 9.84. The van der Waals surface area contributed by atoms with E-state index in [1.165, 1.54) is 51.4 Å². The molecular formula is C33H54O4. The van der Waals surface area contributed by atoms with Gasteiger partial charge < -0.3 is 9.47 Å². The van der Waals surface area contributed by atoms with Crippen LogP contribution in [0.4, 0.5) is 0 Å². The van der Waals surface area contributed by atoms with Crippen LogP contribution in [0, 0.1) is 34.5 Å². The van der Waals surface area contributed by atoms with E-state index in [0.29, 0.717) is 30.1 Å². The summed E-state index contributed by atoms with van der Waals surface area (Å²) in [5.41, 5.74) is 0.376. The highest BCUT2D eigenvalue weighted by Crippen LogP contribution is 2.66. The summed E-state index contributed by atoms with van der Waals surface area (Å²) in [4.78, 5) is 25.0. The Morgan fingerprint density at radius 1 is 0.838 bits per heavy atom. The Balaban J connectivity index is 1.31. The lowest BCUT2D eigenvalue weighted by molar-refractivity contribution is -0.162. The van der Waals surface area contributed by atoms with Crippen LogP contribution in [0.25, 0.3) is 0 Å². The van der Waals surface area contributed by atoms with Crippen LogP contribution >= 0.6 is 0 Å². The first kappa shape index (κ1) is 28.7. The number of ether oxygens (including phenoxy) is 2. The average molecular weight is 515 g/mol. The second-order valence-corrected chi connectivity index (χ2v) is 13.4. The van der Waals surface area contributed by atoms with Crippen LogP contribution in [0.3, 0.4) is 0 Å². The number of hydrogen-bond acceptors (Lipinski definition) is 4. The summed E-state index contributed by atoms with van der Waals surface area (Å²) in [6.07, 6.45) is 21.7. The van der Waals surface area contributed by atoms with Crippen molar-refractivity contribution >= 4 is 11.9 Å². The number of fused-ring (bicyclic) bond motifs is 5. The summed E-state index contributed by atoms with van der Waals surface area (Å²) < 4.78 is 12.0. The molecule has 0 bridgehead atoms. The molecule has 4 aliphatic rings. The molecule has 7 atom stereocenters. The molecule has 4 nitrogen and oxygen atoms in total. The zero-order valence-corrected chi connectivity index (χ0v) is 24.3. The zero-order chi connectivity index (χ0) is 26.5. The summed E-state index contributed by atoms with van der Waals surface area (Å²) in [6, 6.07) is 0. The number of unbranched alkanes of at least 4 members (excludes halogenated alkanes) is 6. The summed E-state index contributed by atoms with van der Waals surface area (Å²) >= 11 is 0. The molecular weight excluding hydrogens is 460 g/mol. The molecule has 0 N–H and O–H groups in total. The van der Waals surface area contributed by atoms with Crippen LogP contribution in [0.2, 0.25) is 0 Å². The van der Waals surface area contributed by atoms with Crippen LogP contribution in [-0.2, 0) is 19.1 Å². The first-order chi connectivity index (χ1) is 17.8. The van der Waals surface area contributed by atoms with Gasteiger partial charge in [-0.2, -0.15) is 0 Å². The molecule has 0 saturated heterocycles. The third-order valence-electron chi connectivity index (χ3n) is 11.1. The van der Waals surface area contributed by atoms with E-state index in [9.17, 15) is 9.59 Å². The van der Waals surface area contributed by atoms with Crippen LogP contribution in [0.5, 0.6) is 0 Å². The molecule has 0 radical (unpaired) electrons. The molecule has 0 amide bonds.